The number of benzene rings is 2. The highest BCUT2D eigenvalue weighted by Gasteiger charge is 2.17. The molecule has 2 rings (SSSR count). The molecule has 0 saturated carbocycles. The minimum Gasteiger partial charge on any atom is -0.493 e. The van der Waals surface area contributed by atoms with Crippen molar-refractivity contribution in [3.63, 3.8) is 0 Å². The highest BCUT2D eigenvalue weighted by atomic mass is 19.1. The molecule has 0 aliphatic rings. The van der Waals surface area contributed by atoms with E-state index in [9.17, 15) is 9.18 Å². The average Bonchev–Trinajstić information content (AvgIpc) is 2.67. The van der Waals surface area contributed by atoms with Crippen LogP contribution in [-0.2, 0) is 0 Å². The maximum absolute atomic E-state index is 13.6. The lowest BCUT2D eigenvalue weighted by Crippen LogP contribution is -2.34. The van der Waals surface area contributed by atoms with Gasteiger partial charge in [-0.2, -0.15) is 0 Å². The van der Waals surface area contributed by atoms with E-state index in [0.717, 1.165) is 12.0 Å². The van der Waals surface area contributed by atoms with Crippen molar-refractivity contribution in [2.45, 2.75) is 26.3 Å². The van der Waals surface area contributed by atoms with Crippen LogP contribution >= 0.6 is 0 Å². The van der Waals surface area contributed by atoms with Crippen molar-refractivity contribution in [1.82, 2.24) is 10.2 Å². The SMILES string of the molecule is COc1cc(C(=O)NCC(c2cccc(F)c2)N(C)C)ccc1OCCC(C)C. The first-order valence-electron chi connectivity index (χ1n) is 9.82. The van der Waals surface area contributed by atoms with Gasteiger partial charge < -0.3 is 19.7 Å². The lowest BCUT2D eigenvalue weighted by Gasteiger charge is -2.25. The fourth-order valence-corrected chi connectivity index (χ4v) is 2.94. The molecule has 0 aliphatic carbocycles. The van der Waals surface area contributed by atoms with Gasteiger partial charge in [0.2, 0.25) is 0 Å². The molecule has 1 unspecified atom stereocenters. The smallest absolute Gasteiger partial charge is 0.251 e. The van der Waals surface area contributed by atoms with E-state index in [4.69, 9.17) is 9.47 Å². The summed E-state index contributed by atoms with van der Waals surface area (Å²) in [6.45, 7) is 5.22. The van der Waals surface area contributed by atoms with Crippen molar-refractivity contribution in [2.24, 2.45) is 5.92 Å². The maximum Gasteiger partial charge on any atom is 0.251 e. The second-order valence-corrected chi connectivity index (χ2v) is 7.64. The zero-order valence-corrected chi connectivity index (χ0v) is 17.9. The van der Waals surface area contributed by atoms with Crippen LogP contribution in [0.5, 0.6) is 11.5 Å². The van der Waals surface area contributed by atoms with Gasteiger partial charge in [-0.3, -0.25) is 4.79 Å². The Hall–Kier alpha value is -2.60. The second-order valence-electron chi connectivity index (χ2n) is 7.64. The van der Waals surface area contributed by atoms with E-state index in [1.165, 1.54) is 12.1 Å². The van der Waals surface area contributed by atoms with E-state index in [0.29, 0.717) is 36.1 Å². The molecule has 0 saturated heterocycles. The van der Waals surface area contributed by atoms with Crippen molar-refractivity contribution in [3.8, 4) is 11.5 Å². The summed E-state index contributed by atoms with van der Waals surface area (Å²) in [6, 6.07) is 11.4. The molecule has 29 heavy (non-hydrogen) atoms. The molecule has 0 aliphatic heterocycles. The molecule has 1 N–H and O–H groups in total. The van der Waals surface area contributed by atoms with Gasteiger partial charge in [0.1, 0.15) is 5.82 Å². The highest BCUT2D eigenvalue weighted by molar-refractivity contribution is 5.94. The van der Waals surface area contributed by atoms with E-state index in [2.05, 4.69) is 19.2 Å². The van der Waals surface area contributed by atoms with Gasteiger partial charge in [0, 0.05) is 12.1 Å². The van der Waals surface area contributed by atoms with Crippen molar-refractivity contribution in [1.29, 1.82) is 0 Å². The van der Waals surface area contributed by atoms with Gasteiger partial charge in [-0.1, -0.05) is 26.0 Å². The number of nitrogens with zero attached hydrogens (tertiary/aromatic N) is 1. The Morgan fingerprint density at radius 3 is 2.52 bits per heavy atom. The fourth-order valence-electron chi connectivity index (χ4n) is 2.94. The van der Waals surface area contributed by atoms with Crippen LogP contribution < -0.4 is 14.8 Å². The van der Waals surface area contributed by atoms with Gasteiger partial charge in [-0.15, -0.1) is 0 Å². The van der Waals surface area contributed by atoms with E-state index >= 15 is 0 Å². The molecular formula is C23H31FN2O3. The lowest BCUT2D eigenvalue weighted by atomic mass is 10.1. The summed E-state index contributed by atoms with van der Waals surface area (Å²) in [4.78, 5) is 14.6. The van der Waals surface area contributed by atoms with Crippen LogP contribution in [0.2, 0.25) is 0 Å². The van der Waals surface area contributed by atoms with Crippen LogP contribution in [0.1, 0.15) is 42.2 Å². The van der Waals surface area contributed by atoms with Crippen LogP contribution in [0, 0.1) is 11.7 Å². The Bertz CT molecular complexity index is 808. The molecule has 0 fully saturated rings. The Labute approximate surface area is 172 Å². The monoisotopic (exact) mass is 402 g/mol. The Morgan fingerprint density at radius 2 is 1.90 bits per heavy atom. The first kappa shape index (κ1) is 22.7. The molecule has 0 spiro atoms. The normalized spacial score (nSPS) is 12.1. The Balaban J connectivity index is 2.05. The molecule has 158 valence electrons. The summed E-state index contributed by atoms with van der Waals surface area (Å²) in [5.41, 5.74) is 1.29. The summed E-state index contributed by atoms with van der Waals surface area (Å²) in [5.74, 6) is 1.18. The summed E-state index contributed by atoms with van der Waals surface area (Å²) < 4.78 is 24.7. The number of carbonyl (C=O) groups excluding carboxylic acids is 1. The number of carbonyl (C=O) groups is 1. The first-order valence-corrected chi connectivity index (χ1v) is 9.82. The molecule has 1 atom stereocenters. The van der Waals surface area contributed by atoms with E-state index in [1.54, 1.807) is 31.4 Å². The van der Waals surface area contributed by atoms with Crippen LogP contribution in [0.25, 0.3) is 0 Å². The van der Waals surface area contributed by atoms with Gasteiger partial charge in [-0.05, 0) is 62.3 Å². The van der Waals surface area contributed by atoms with Crippen molar-refractivity contribution >= 4 is 5.91 Å². The summed E-state index contributed by atoms with van der Waals surface area (Å²) in [7, 11) is 5.35. The zero-order chi connectivity index (χ0) is 21.4. The van der Waals surface area contributed by atoms with E-state index in [1.807, 2.05) is 25.1 Å². The maximum atomic E-state index is 13.6. The largest absolute Gasteiger partial charge is 0.493 e. The number of methoxy groups -OCH3 is 1. The van der Waals surface area contributed by atoms with Crippen LogP contribution in [-0.4, -0.2) is 45.2 Å². The highest BCUT2D eigenvalue weighted by Crippen LogP contribution is 2.28. The third kappa shape index (κ3) is 6.75. The van der Waals surface area contributed by atoms with Gasteiger partial charge in [0.05, 0.1) is 19.8 Å². The Kier molecular flexibility index (Phi) is 8.46. The number of nitrogens with one attached hydrogen (secondary N) is 1. The molecule has 6 heteroatoms. The van der Waals surface area contributed by atoms with Gasteiger partial charge >= 0.3 is 0 Å². The third-order valence-corrected chi connectivity index (χ3v) is 4.69. The second kappa shape index (κ2) is 10.8. The molecule has 2 aromatic rings. The molecule has 0 aromatic heterocycles. The minimum atomic E-state index is -0.293. The number of hydrogen-bond donors (Lipinski definition) is 1. The van der Waals surface area contributed by atoms with Crippen molar-refractivity contribution in [3.05, 3.63) is 59.4 Å². The molecular weight excluding hydrogens is 371 g/mol. The Morgan fingerprint density at radius 1 is 1.14 bits per heavy atom. The number of rotatable bonds is 10. The zero-order valence-electron chi connectivity index (χ0n) is 17.9. The molecule has 5 nitrogen and oxygen atoms in total. The first-order chi connectivity index (χ1) is 13.8. The number of likely N-dealkylation sites (N-methyl/N-ethyl adjacent to an activating group) is 1. The topological polar surface area (TPSA) is 50.8 Å². The molecule has 0 heterocycles. The molecule has 1 amide bonds. The summed E-state index contributed by atoms with van der Waals surface area (Å²) in [6.07, 6.45) is 0.942. The third-order valence-electron chi connectivity index (χ3n) is 4.69. The van der Waals surface area contributed by atoms with Crippen LogP contribution in [0.3, 0.4) is 0 Å². The molecule has 0 radical (unpaired) electrons. The standard InChI is InChI=1S/C23H31FN2O3/c1-16(2)11-12-29-21-10-9-18(14-22(21)28-5)23(27)25-15-20(26(3)4)17-7-6-8-19(24)13-17/h6-10,13-14,16,20H,11-12,15H2,1-5H3,(H,25,27). The quantitative estimate of drug-likeness (QED) is 0.644. The predicted molar refractivity (Wildman–Crippen MR) is 113 cm³/mol. The van der Waals surface area contributed by atoms with Gasteiger partial charge in [0.25, 0.3) is 5.91 Å². The summed E-state index contributed by atoms with van der Waals surface area (Å²) >= 11 is 0. The van der Waals surface area contributed by atoms with Crippen molar-refractivity contribution in [2.75, 3.05) is 34.4 Å². The number of ether oxygens (including phenoxy) is 2. The van der Waals surface area contributed by atoms with Crippen LogP contribution in [0.15, 0.2) is 42.5 Å². The predicted octanol–water partition coefficient (Wildman–Crippen LogP) is 4.29. The lowest BCUT2D eigenvalue weighted by molar-refractivity contribution is 0.0941. The van der Waals surface area contributed by atoms with Crippen LogP contribution in [0.4, 0.5) is 4.39 Å². The van der Waals surface area contributed by atoms with E-state index in [-0.39, 0.29) is 17.8 Å². The van der Waals surface area contributed by atoms with E-state index < -0.39 is 0 Å². The molecule has 2 aromatic carbocycles. The van der Waals surface area contributed by atoms with Gasteiger partial charge in [0.15, 0.2) is 11.5 Å². The van der Waals surface area contributed by atoms with Gasteiger partial charge in [-0.25, -0.2) is 4.39 Å². The average molecular weight is 403 g/mol. The number of amides is 1. The summed E-state index contributed by atoms with van der Waals surface area (Å²) in [5, 5.41) is 2.93. The van der Waals surface area contributed by atoms with Crippen molar-refractivity contribution < 1.29 is 18.7 Å². The number of hydrogen-bond acceptors (Lipinski definition) is 4. The minimum absolute atomic E-state index is 0.143. The fraction of sp³-hybridized carbons (Fsp3) is 0.435. The number of halogens is 1. The molecule has 0 bridgehead atoms.